The first-order valence-corrected chi connectivity index (χ1v) is 6.37. The molecule has 0 aliphatic carbocycles. The zero-order valence-corrected chi connectivity index (χ0v) is 11.4. The molecule has 0 aliphatic rings. The highest BCUT2D eigenvalue weighted by Crippen LogP contribution is 2.12. The molecule has 2 aromatic rings. The third-order valence-corrected chi connectivity index (χ3v) is 3.01. The van der Waals surface area contributed by atoms with Crippen LogP contribution in [0.4, 0.5) is 0 Å². The minimum atomic E-state index is -1.16. The van der Waals surface area contributed by atoms with Crippen LogP contribution < -0.4 is 0 Å². The molecule has 0 aromatic heterocycles. The van der Waals surface area contributed by atoms with Crippen molar-refractivity contribution in [2.45, 2.75) is 0 Å². The fourth-order valence-electron chi connectivity index (χ4n) is 1.88. The molecule has 0 heterocycles. The van der Waals surface area contributed by atoms with E-state index < -0.39 is 17.7 Å². The first-order chi connectivity index (χ1) is 10.5. The van der Waals surface area contributed by atoms with E-state index in [9.17, 15) is 14.4 Å². The molecule has 0 radical (unpaired) electrons. The fourth-order valence-corrected chi connectivity index (χ4v) is 1.88. The van der Waals surface area contributed by atoms with Crippen molar-refractivity contribution in [3.05, 3.63) is 76.9 Å². The van der Waals surface area contributed by atoms with Gasteiger partial charge in [-0.1, -0.05) is 36.4 Å². The average Bonchev–Trinajstić information content (AvgIpc) is 2.53. The van der Waals surface area contributed by atoms with Gasteiger partial charge in [0.15, 0.2) is 5.78 Å². The third kappa shape index (κ3) is 3.46. The number of carboxylic acid groups (broad SMARTS) is 2. The zero-order chi connectivity index (χ0) is 16.1. The number of rotatable bonds is 5. The Kier molecular flexibility index (Phi) is 4.48. The number of benzene rings is 2. The SMILES string of the molecule is O=C(O)c1ccc(/C=C/C(=O)c2ccccc2C(=O)O)cc1. The number of hydrogen-bond acceptors (Lipinski definition) is 3. The highest BCUT2D eigenvalue weighted by Gasteiger charge is 2.13. The van der Waals surface area contributed by atoms with E-state index >= 15 is 0 Å². The predicted octanol–water partition coefficient (Wildman–Crippen LogP) is 2.98. The first kappa shape index (κ1) is 15.2. The number of carbonyl (C=O) groups excluding carboxylic acids is 1. The number of carbonyl (C=O) groups is 3. The minimum Gasteiger partial charge on any atom is -0.478 e. The molecule has 5 nitrogen and oxygen atoms in total. The molecule has 0 spiro atoms. The van der Waals surface area contributed by atoms with E-state index in [0.29, 0.717) is 5.56 Å². The van der Waals surface area contributed by atoms with Crippen LogP contribution in [0.5, 0.6) is 0 Å². The normalized spacial score (nSPS) is 10.5. The largest absolute Gasteiger partial charge is 0.478 e. The van der Waals surface area contributed by atoms with Crippen LogP contribution in [0, 0.1) is 0 Å². The Bertz CT molecular complexity index is 757. The van der Waals surface area contributed by atoms with E-state index in [1.165, 1.54) is 36.4 Å². The lowest BCUT2D eigenvalue weighted by molar-refractivity contribution is 0.0684. The molecule has 22 heavy (non-hydrogen) atoms. The van der Waals surface area contributed by atoms with E-state index in [0.717, 1.165) is 0 Å². The summed E-state index contributed by atoms with van der Waals surface area (Å²) >= 11 is 0. The smallest absolute Gasteiger partial charge is 0.336 e. The van der Waals surface area contributed by atoms with Gasteiger partial charge in [-0.05, 0) is 29.8 Å². The van der Waals surface area contributed by atoms with Gasteiger partial charge < -0.3 is 10.2 Å². The van der Waals surface area contributed by atoms with E-state index in [1.54, 1.807) is 24.3 Å². The standard InChI is InChI=1S/C17H12O5/c18-15(13-3-1-2-4-14(13)17(21)22)10-7-11-5-8-12(9-6-11)16(19)20/h1-10H,(H,19,20)(H,21,22)/b10-7+. The molecular formula is C17H12O5. The summed E-state index contributed by atoms with van der Waals surface area (Å²) in [5, 5.41) is 17.8. The fraction of sp³-hybridized carbons (Fsp3) is 0. The number of carboxylic acids is 2. The lowest BCUT2D eigenvalue weighted by Gasteiger charge is -2.01. The highest BCUT2D eigenvalue weighted by atomic mass is 16.4. The van der Waals surface area contributed by atoms with Crippen molar-refractivity contribution in [1.82, 2.24) is 0 Å². The Hall–Kier alpha value is -3.21. The van der Waals surface area contributed by atoms with Crippen LogP contribution >= 0.6 is 0 Å². The number of hydrogen-bond donors (Lipinski definition) is 2. The minimum absolute atomic E-state index is 0.0571. The predicted molar refractivity (Wildman–Crippen MR) is 80.2 cm³/mol. The van der Waals surface area contributed by atoms with Crippen molar-refractivity contribution in [2.75, 3.05) is 0 Å². The van der Waals surface area contributed by atoms with E-state index in [4.69, 9.17) is 10.2 Å². The maximum Gasteiger partial charge on any atom is 0.336 e. The van der Waals surface area contributed by atoms with Crippen molar-refractivity contribution >= 4 is 23.8 Å². The second-order valence-corrected chi connectivity index (χ2v) is 4.48. The molecule has 0 amide bonds. The van der Waals surface area contributed by atoms with Crippen molar-refractivity contribution in [3.63, 3.8) is 0 Å². The van der Waals surface area contributed by atoms with E-state index in [-0.39, 0.29) is 16.7 Å². The molecular weight excluding hydrogens is 284 g/mol. The van der Waals surface area contributed by atoms with E-state index in [2.05, 4.69) is 0 Å². The molecule has 2 rings (SSSR count). The number of allylic oxidation sites excluding steroid dienone is 1. The molecule has 0 saturated carbocycles. The van der Waals surface area contributed by atoms with Crippen LogP contribution in [-0.4, -0.2) is 27.9 Å². The number of aromatic carboxylic acids is 2. The quantitative estimate of drug-likeness (QED) is 0.653. The summed E-state index contributed by atoms with van der Waals surface area (Å²) in [6.45, 7) is 0. The third-order valence-electron chi connectivity index (χ3n) is 3.01. The molecule has 0 fully saturated rings. The van der Waals surface area contributed by atoms with Crippen LogP contribution in [0.1, 0.15) is 36.6 Å². The van der Waals surface area contributed by atoms with Gasteiger partial charge >= 0.3 is 11.9 Å². The van der Waals surface area contributed by atoms with Crippen LogP contribution in [0.25, 0.3) is 6.08 Å². The summed E-state index contributed by atoms with van der Waals surface area (Å²) in [4.78, 5) is 33.9. The average molecular weight is 296 g/mol. The van der Waals surface area contributed by atoms with Crippen molar-refractivity contribution in [1.29, 1.82) is 0 Å². The summed E-state index contributed by atoms with van der Waals surface area (Å²) in [6, 6.07) is 11.9. The van der Waals surface area contributed by atoms with Gasteiger partial charge in [0.25, 0.3) is 0 Å². The van der Waals surface area contributed by atoms with Crippen molar-refractivity contribution < 1.29 is 24.6 Å². The Balaban J connectivity index is 2.21. The summed E-state index contributed by atoms with van der Waals surface area (Å²) in [5.41, 5.74) is 0.845. The molecule has 0 atom stereocenters. The van der Waals surface area contributed by atoms with Gasteiger partial charge in [0.1, 0.15) is 0 Å². The topological polar surface area (TPSA) is 91.7 Å². The summed E-state index contributed by atoms with van der Waals surface area (Å²) < 4.78 is 0. The molecule has 2 N–H and O–H groups in total. The van der Waals surface area contributed by atoms with Crippen LogP contribution in [0.3, 0.4) is 0 Å². The van der Waals surface area contributed by atoms with Gasteiger partial charge in [-0.15, -0.1) is 0 Å². The first-order valence-electron chi connectivity index (χ1n) is 6.37. The highest BCUT2D eigenvalue weighted by molar-refractivity contribution is 6.12. The summed E-state index contributed by atoms with van der Waals surface area (Å²) in [6.07, 6.45) is 2.77. The van der Waals surface area contributed by atoms with Crippen molar-refractivity contribution in [3.8, 4) is 0 Å². The molecule has 0 saturated heterocycles. The molecule has 0 unspecified atom stereocenters. The molecule has 0 aliphatic heterocycles. The second-order valence-electron chi connectivity index (χ2n) is 4.48. The maximum absolute atomic E-state index is 12.1. The van der Waals surface area contributed by atoms with Gasteiger partial charge in [0.05, 0.1) is 11.1 Å². The van der Waals surface area contributed by atoms with Gasteiger partial charge in [0, 0.05) is 5.56 Å². The van der Waals surface area contributed by atoms with Crippen molar-refractivity contribution in [2.24, 2.45) is 0 Å². The Morgan fingerprint density at radius 1 is 0.773 bits per heavy atom. The van der Waals surface area contributed by atoms with Crippen LogP contribution in [-0.2, 0) is 0 Å². The molecule has 2 aromatic carbocycles. The maximum atomic E-state index is 12.1. The summed E-state index contributed by atoms with van der Waals surface area (Å²) in [7, 11) is 0. The molecule has 0 bridgehead atoms. The zero-order valence-electron chi connectivity index (χ0n) is 11.4. The van der Waals surface area contributed by atoms with E-state index in [1.807, 2.05) is 0 Å². The van der Waals surface area contributed by atoms with Gasteiger partial charge in [0.2, 0.25) is 0 Å². The second kappa shape index (κ2) is 6.49. The summed E-state index contributed by atoms with van der Waals surface area (Å²) in [5.74, 6) is -2.62. The van der Waals surface area contributed by atoms with Crippen LogP contribution in [0.2, 0.25) is 0 Å². The molecule has 5 heteroatoms. The molecule has 110 valence electrons. The van der Waals surface area contributed by atoms with Gasteiger partial charge in [-0.25, -0.2) is 9.59 Å². The lowest BCUT2D eigenvalue weighted by Crippen LogP contribution is -2.06. The Labute approximate surface area is 126 Å². The number of ketones is 1. The van der Waals surface area contributed by atoms with Gasteiger partial charge in [-0.2, -0.15) is 0 Å². The monoisotopic (exact) mass is 296 g/mol. The Morgan fingerprint density at radius 2 is 1.36 bits per heavy atom. The lowest BCUT2D eigenvalue weighted by atomic mass is 10.0. The van der Waals surface area contributed by atoms with Gasteiger partial charge in [-0.3, -0.25) is 4.79 Å². The van der Waals surface area contributed by atoms with Crippen LogP contribution in [0.15, 0.2) is 54.6 Å². The Morgan fingerprint density at radius 3 is 1.91 bits per heavy atom.